The van der Waals surface area contributed by atoms with Crippen LogP contribution in [-0.2, 0) is 6.54 Å². The normalized spacial score (nSPS) is 28.6. The van der Waals surface area contributed by atoms with Gasteiger partial charge in [0, 0.05) is 12.6 Å². The molecule has 3 atom stereocenters. The van der Waals surface area contributed by atoms with Crippen LogP contribution in [0.5, 0.6) is 0 Å². The van der Waals surface area contributed by atoms with Crippen LogP contribution >= 0.6 is 0 Å². The van der Waals surface area contributed by atoms with Crippen LogP contribution < -0.4 is 0 Å². The van der Waals surface area contributed by atoms with E-state index >= 15 is 0 Å². The standard InChI is InChI=1S/C16H25NO/c1-3-14-9-10-15(18)11-16(14)17(2)12-13-7-5-4-6-8-13/h4-8,14-16,18H,3,9-12H2,1-2H3. The number of aliphatic hydroxyl groups excluding tert-OH is 1. The van der Waals surface area contributed by atoms with Gasteiger partial charge in [0.05, 0.1) is 6.10 Å². The van der Waals surface area contributed by atoms with Crippen molar-refractivity contribution in [2.75, 3.05) is 7.05 Å². The Balaban J connectivity index is 1.99. The second-order valence-corrected chi connectivity index (χ2v) is 5.60. The van der Waals surface area contributed by atoms with Gasteiger partial charge in [-0.2, -0.15) is 0 Å². The first kappa shape index (κ1) is 13.6. The van der Waals surface area contributed by atoms with Gasteiger partial charge in [0.1, 0.15) is 0 Å². The van der Waals surface area contributed by atoms with Gasteiger partial charge in [0.2, 0.25) is 0 Å². The molecular formula is C16H25NO. The number of hydrogen-bond donors (Lipinski definition) is 1. The van der Waals surface area contributed by atoms with Crippen LogP contribution in [0.25, 0.3) is 0 Å². The predicted octanol–water partition coefficient (Wildman–Crippen LogP) is 3.06. The van der Waals surface area contributed by atoms with Crippen molar-refractivity contribution in [2.24, 2.45) is 5.92 Å². The molecule has 0 bridgehead atoms. The van der Waals surface area contributed by atoms with Crippen molar-refractivity contribution in [3.8, 4) is 0 Å². The van der Waals surface area contributed by atoms with Crippen LogP contribution in [0.15, 0.2) is 30.3 Å². The summed E-state index contributed by atoms with van der Waals surface area (Å²) in [5, 5.41) is 9.88. The molecule has 1 fully saturated rings. The van der Waals surface area contributed by atoms with E-state index in [0.29, 0.717) is 6.04 Å². The molecule has 2 heteroatoms. The van der Waals surface area contributed by atoms with E-state index in [1.807, 2.05) is 0 Å². The highest BCUT2D eigenvalue weighted by molar-refractivity contribution is 5.14. The average molecular weight is 247 g/mol. The maximum Gasteiger partial charge on any atom is 0.0555 e. The minimum atomic E-state index is -0.101. The van der Waals surface area contributed by atoms with Gasteiger partial charge in [-0.25, -0.2) is 0 Å². The molecule has 1 aromatic carbocycles. The second-order valence-electron chi connectivity index (χ2n) is 5.60. The molecule has 0 heterocycles. The van der Waals surface area contributed by atoms with E-state index in [0.717, 1.165) is 25.3 Å². The molecule has 1 N–H and O–H groups in total. The molecule has 0 saturated heterocycles. The van der Waals surface area contributed by atoms with Gasteiger partial charge >= 0.3 is 0 Å². The molecule has 100 valence electrons. The first-order valence-corrected chi connectivity index (χ1v) is 7.13. The Labute approximate surface area is 111 Å². The summed E-state index contributed by atoms with van der Waals surface area (Å²) in [6.45, 7) is 3.25. The Morgan fingerprint density at radius 1 is 1.22 bits per heavy atom. The van der Waals surface area contributed by atoms with Crippen molar-refractivity contribution in [1.29, 1.82) is 0 Å². The summed E-state index contributed by atoms with van der Waals surface area (Å²) < 4.78 is 0. The molecule has 0 spiro atoms. The number of rotatable bonds is 4. The van der Waals surface area contributed by atoms with Gasteiger partial charge in [0.15, 0.2) is 0 Å². The zero-order chi connectivity index (χ0) is 13.0. The van der Waals surface area contributed by atoms with Crippen LogP contribution in [0.3, 0.4) is 0 Å². The molecule has 0 aliphatic heterocycles. The van der Waals surface area contributed by atoms with Gasteiger partial charge in [-0.15, -0.1) is 0 Å². The molecule has 0 amide bonds. The second kappa shape index (κ2) is 6.35. The van der Waals surface area contributed by atoms with Crippen LogP contribution in [0.1, 0.15) is 38.2 Å². The fourth-order valence-corrected chi connectivity index (χ4v) is 3.19. The highest BCUT2D eigenvalue weighted by atomic mass is 16.3. The minimum absolute atomic E-state index is 0.101. The van der Waals surface area contributed by atoms with Crippen LogP contribution in [0.2, 0.25) is 0 Å². The zero-order valence-electron chi connectivity index (χ0n) is 11.5. The molecule has 0 aromatic heterocycles. The minimum Gasteiger partial charge on any atom is -0.393 e. The summed E-state index contributed by atoms with van der Waals surface area (Å²) in [7, 11) is 2.19. The van der Waals surface area contributed by atoms with Crippen molar-refractivity contribution >= 4 is 0 Å². The van der Waals surface area contributed by atoms with Crippen molar-refractivity contribution in [1.82, 2.24) is 4.90 Å². The van der Waals surface area contributed by atoms with Gasteiger partial charge < -0.3 is 5.11 Å². The van der Waals surface area contributed by atoms with E-state index in [2.05, 4.69) is 49.2 Å². The summed E-state index contributed by atoms with van der Waals surface area (Å²) in [5.74, 6) is 0.738. The Bertz CT molecular complexity index is 351. The quantitative estimate of drug-likeness (QED) is 0.884. The SMILES string of the molecule is CCC1CCC(O)CC1N(C)Cc1ccccc1. The average Bonchev–Trinajstić information content (AvgIpc) is 2.40. The molecule has 2 nitrogen and oxygen atoms in total. The third-order valence-electron chi connectivity index (χ3n) is 4.29. The topological polar surface area (TPSA) is 23.5 Å². The Hall–Kier alpha value is -0.860. The van der Waals surface area contributed by atoms with Gasteiger partial charge in [-0.3, -0.25) is 4.90 Å². The Morgan fingerprint density at radius 2 is 1.94 bits per heavy atom. The number of benzene rings is 1. The van der Waals surface area contributed by atoms with Crippen molar-refractivity contribution in [2.45, 2.75) is 51.3 Å². The zero-order valence-corrected chi connectivity index (χ0v) is 11.5. The van der Waals surface area contributed by atoms with E-state index in [9.17, 15) is 5.11 Å². The smallest absolute Gasteiger partial charge is 0.0555 e. The monoisotopic (exact) mass is 247 g/mol. The van der Waals surface area contributed by atoms with Crippen LogP contribution in [0, 0.1) is 5.92 Å². The van der Waals surface area contributed by atoms with Gasteiger partial charge in [-0.1, -0.05) is 43.7 Å². The number of hydrogen-bond acceptors (Lipinski definition) is 2. The number of aliphatic hydroxyl groups is 1. The Kier molecular flexibility index (Phi) is 4.79. The van der Waals surface area contributed by atoms with E-state index in [1.54, 1.807) is 0 Å². The summed E-state index contributed by atoms with van der Waals surface area (Å²) in [6.07, 6.45) is 4.20. The van der Waals surface area contributed by atoms with Crippen LogP contribution in [0.4, 0.5) is 0 Å². The summed E-state index contributed by atoms with van der Waals surface area (Å²) in [4.78, 5) is 2.42. The molecule has 1 aliphatic carbocycles. The fraction of sp³-hybridized carbons (Fsp3) is 0.625. The highest BCUT2D eigenvalue weighted by Gasteiger charge is 2.30. The summed E-state index contributed by atoms with van der Waals surface area (Å²) >= 11 is 0. The summed E-state index contributed by atoms with van der Waals surface area (Å²) in [6, 6.07) is 11.1. The fourth-order valence-electron chi connectivity index (χ4n) is 3.19. The molecule has 0 radical (unpaired) electrons. The molecule has 1 aliphatic rings. The first-order chi connectivity index (χ1) is 8.70. The first-order valence-electron chi connectivity index (χ1n) is 7.13. The largest absolute Gasteiger partial charge is 0.393 e. The molecule has 2 rings (SSSR count). The lowest BCUT2D eigenvalue weighted by molar-refractivity contribution is 0.0335. The molecule has 3 unspecified atom stereocenters. The lowest BCUT2D eigenvalue weighted by Crippen LogP contribution is -2.43. The lowest BCUT2D eigenvalue weighted by Gasteiger charge is -2.39. The van der Waals surface area contributed by atoms with E-state index in [-0.39, 0.29) is 6.10 Å². The molecule has 1 aromatic rings. The Morgan fingerprint density at radius 3 is 2.61 bits per heavy atom. The summed E-state index contributed by atoms with van der Waals surface area (Å²) in [5.41, 5.74) is 1.36. The highest BCUT2D eigenvalue weighted by Crippen LogP contribution is 2.31. The van der Waals surface area contributed by atoms with E-state index in [4.69, 9.17) is 0 Å². The predicted molar refractivity (Wildman–Crippen MR) is 75.3 cm³/mol. The molecule has 18 heavy (non-hydrogen) atoms. The van der Waals surface area contributed by atoms with Crippen molar-refractivity contribution < 1.29 is 5.11 Å². The van der Waals surface area contributed by atoms with Crippen molar-refractivity contribution in [3.05, 3.63) is 35.9 Å². The number of nitrogens with zero attached hydrogens (tertiary/aromatic N) is 1. The lowest BCUT2D eigenvalue weighted by atomic mass is 9.80. The van der Waals surface area contributed by atoms with Gasteiger partial charge in [-0.05, 0) is 37.8 Å². The molecule has 1 saturated carbocycles. The van der Waals surface area contributed by atoms with E-state index < -0.39 is 0 Å². The molecular weight excluding hydrogens is 222 g/mol. The third-order valence-corrected chi connectivity index (χ3v) is 4.29. The van der Waals surface area contributed by atoms with Gasteiger partial charge in [0.25, 0.3) is 0 Å². The van der Waals surface area contributed by atoms with Crippen molar-refractivity contribution in [3.63, 3.8) is 0 Å². The van der Waals surface area contributed by atoms with E-state index in [1.165, 1.54) is 18.4 Å². The van der Waals surface area contributed by atoms with Crippen LogP contribution in [-0.4, -0.2) is 29.2 Å². The maximum atomic E-state index is 9.88. The third kappa shape index (κ3) is 3.33. The maximum absolute atomic E-state index is 9.88.